The Morgan fingerprint density at radius 2 is 1.86 bits per heavy atom. The molecule has 4 heteroatoms. The van der Waals surface area contributed by atoms with E-state index in [-0.39, 0.29) is 5.91 Å². The highest BCUT2D eigenvalue weighted by molar-refractivity contribution is 6.30. The molecular formula is C18H20ClNO2. The van der Waals surface area contributed by atoms with Crippen molar-refractivity contribution < 1.29 is 9.53 Å². The van der Waals surface area contributed by atoms with Gasteiger partial charge < -0.3 is 9.64 Å². The van der Waals surface area contributed by atoms with Crippen LogP contribution in [0.25, 0.3) is 11.1 Å². The number of halogens is 1. The highest BCUT2D eigenvalue weighted by Gasteiger charge is 2.13. The van der Waals surface area contributed by atoms with Crippen LogP contribution in [-0.4, -0.2) is 31.5 Å². The van der Waals surface area contributed by atoms with Gasteiger partial charge in [0.1, 0.15) is 0 Å². The number of ether oxygens (including phenoxy) is 1. The molecule has 0 bridgehead atoms. The topological polar surface area (TPSA) is 29.5 Å². The second kappa shape index (κ2) is 7.43. The Labute approximate surface area is 136 Å². The van der Waals surface area contributed by atoms with Crippen LogP contribution in [0.5, 0.6) is 0 Å². The van der Waals surface area contributed by atoms with Crippen LogP contribution in [-0.2, 0) is 11.3 Å². The molecule has 0 aliphatic rings. The summed E-state index contributed by atoms with van der Waals surface area (Å²) in [5.41, 5.74) is 3.77. The summed E-state index contributed by atoms with van der Waals surface area (Å²) in [6.45, 7) is 3.09. The van der Waals surface area contributed by atoms with Crippen LogP contribution >= 0.6 is 11.6 Å². The Hall–Kier alpha value is -1.84. The molecule has 3 nitrogen and oxygen atoms in total. The molecule has 0 radical (unpaired) electrons. The first kappa shape index (κ1) is 16.5. The quantitative estimate of drug-likeness (QED) is 0.825. The van der Waals surface area contributed by atoms with Crippen LogP contribution in [0.2, 0.25) is 5.02 Å². The van der Waals surface area contributed by atoms with Crippen LogP contribution in [0.3, 0.4) is 0 Å². The van der Waals surface area contributed by atoms with E-state index in [4.69, 9.17) is 16.3 Å². The van der Waals surface area contributed by atoms with Crippen molar-refractivity contribution in [2.45, 2.75) is 13.5 Å². The van der Waals surface area contributed by atoms with Gasteiger partial charge in [0.2, 0.25) is 0 Å². The van der Waals surface area contributed by atoms with Crippen molar-refractivity contribution >= 4 is 17.5 Å². The van der Waals surface area contributed by atoms with Crippen molar-refractivity contribution in [1.82, 2.24) is 4.90 Å². The van der Waals surface area contributed by atoms with E-state index in [0.29, 0.717) is 23.7 Å². The minimum atomic E-state index is 0.0162. The fourth-order valence-electron chi connectivity index (χ4n) is 2.28. The normalized spacial score (nSPS) is 10.5. The Kier molecular flexibility index (Phi) is 5.58. The largest absolute Gasteiger partial charge is 0.380 e. The van der Waals surface area contributed by atoms with Gasteiger partial charge >= 0.3 is 0 Å². The van der Waals surface area contributed by atoms with Gasteiger partial charge in [-0.1, -0.05) is 29.8 Å². The third-order valence-corrected chi connectivity index (χ3v) is 3.88. The maximum Gasteiger partial charge on any atom is 0.253 e. The fraction of sp³-hybridized carbons (Fsp3) is 0.278. The van der Waals surface area contributed by atoms with E-state index in [0.717, 1.165) is 16.7 Å². The average Bonchev–Trinajstić information content (AvgIpc) is 2.54. The maximum atomic E-state index is 12.3. The van der Waals surface area contributed by atoms with Crippen molar-refractivity contribution in [3.05, 3.63) is 58.6 Å². The van der Waals surface area contributed by atoms with Gasteiger partial charge in [0.25, 0.3) is 5.91 Å². The first-order valence-corrected chi connectivity index (χ1v) is 7.58. The van der Waals surface area contributed by atoms with Gasteiger partial charge in [-0.25, -0.2) is 0 Å². The predicted molar refractivity (Wildman–Crippen MR) is 90.2 cm³/mol. The molecule has 22 heavy (non-hydrogen) atoms. The molecule has 1 amide bonds. The number of methoxy groups -OCH3 is 1. The summed E-state index contributed by atoms with van der Waals surface area (Å²) in [6, 6.07) is 13.4. The zero-order valence-electron chi connectivity index (χ0n) is 13.1. The van der Waals surface area contributed by atoms with Gasteiger partial charge in [0.05, 0.1) is 6.61 Å². The third kappa shape index (κ3) is 3.67. The molecule has 2 rings (SSSR count). The lowest BCUT2D eigenvalue weighted by molar-refractivity contribution is 0.0802. The molecular weight excluding hydrogens is 298 g/mol. The summed E-state index contributed by atoms with van der Waals surface area (Å²) >= 11 is 5.94. The van der Waals surface area contributed by atoms with Gasteiger partial charge in [-0.15, -0.1) is 0 Å². The molecule has 0 saturated carbocycles. The molecule has 0 atom stereocenters. The number of carbonyl (C=O) groups is 1. The third-order valence-electron chi connectivity index (χ3n) is 3.63. The molecule has 0 saturated heterocycles. The molecule has 0 N–H and O–H groups in total. The molecule has 2 aromatic carbocycles. The molecule has 0 aliphatic heterocycles. The van der Waals surface area contributed by atoms with Crippen molar-refractivity contribution in [1.29, 1.82) is 0 Å². The van der Waals surface area contributed by atoms with Crippen molar-refractivity contribution in [2.24, 2.45) is 0 Å². The predicted octanol–water partition coefficient (Wildman–Crippen LogP) is 4.25. The monoisotopic (exact) mass is 317 g/mol. The van der Waals surface area contributed by atoms with E-state index >= 15 is 0 Å². The summed E-state index contributed by atoms with van der Waals surface area (Å²) in [7, 11) is 3.45. The Balaban J connectivity index is 2.43. The Morgan fingerprint density at radius 3 is 2.45 bits per heavy atom. The van der Waals surface area contributed by atoms with E-state index in [9.17, 15) is 4.79 Å². The van der Waals surface area contributed by atoms with E-state index in [1.165, 1.54) is 0 Å². The number of benzene rings is 2. The van der Waals surface area contributed by atoms with Crippen LogP contribution in [0.15, 0.2) is 42.5 Å². The van der Waals surface area contributed by atoms with E-state index in [1.807, 2.05) is 49.4 Å². The molecule has 0 spiro atoms. The number of amides is 1. The first-order valence-electron chi connectivity index (χ1n) is 7.20. The molecule has 116 valence electrons. The number of hydrogen-bond acceptors (Lipinski definition) is 2. The summed E-state index contributed by atoms with van der Waals surface area (Å²) in [5.74, 6) is 0.0162. The van der Waals surface area contributed by atoms with E-state index in [1.54, 1.807) is 19.1 Å². The fourth-order valence-corrected chi connectivity index (χ4v) is 2.40. The van der Waals surface area contributed by atoms with Crippen LogP contribution in [0.4, 0.5) is 0 Å². The van der Waals surface area contributed by atoms with E-state index in [2.05, 4.69) is 0 Å². The maximum absolute atomic E-state index is 12.3. The number of carbonyl (C=O) groups excluding carboxylic acids is 1. The lowest BCUT2D eigenvalue weighted by atomic mass is 9.97. The number of hydrogen-bond donors (Lipinski definition) is 0. The molecule has 2 aromatic rings. The standard InChI is InChI=1S/C18H20ClNO2/c1-4-20(2)18(21)14-7-10-17(15(11-14)12-22-3)13-5-8-16(19)9-6-13/h5-11H,4,12H2,1-3H3. The lowest BCUT2D eigenvalue weighted by Crippen LogP contribution is -2.26. The Morgan fingerprint density at radius 1 is 1.18 bits per heavy atom. The smallest absolute Gasteiger partial charge is 0.253 e. The number of nitrogens with zero attached hydrogens (tertiary/aromatic N) is 1. The van der Waals surface area contributed by atoms with Crippen LogP contribution in [0, 0.1) is 0 Å². The summed E-state index contributed by atoms with van der Waals surface area (Å²) in [5, 5.41) is 0.702. The Bertz CT molecular complexity index is 653. The summed E-state index contributed by atoms with van der Waals surface area (Å²) in [6.07, 6.45) is 0. The second-order valence-corrected chi connectivity index (χ2v) is 5.57. The minimum absolute atomic E-state index is 0.0162. The van der Waals surface area contributed by atoms with Gasteiger partial charge in [-0.2, -0.15) is 0 Å². The zero-order chi connectivity index (χ0) is 16.1. The number of rotatable bonds is 5. The zero-order valence-corrected chi connectivity index (χ0v) is 13.9. The lowest BCUT2D eigenvalue weighted by Gasteiger charge is -2.16. The van der Waals surface area contributed by atoms with Gasteiger partial charge in [0.15, 0.2) is 0 Å². The van der Waals surface area contributed by atoms with Crippen molar-refractivity contribution in [2.75, 3.05) is 20.7 Å². The molecule has 0 aliphatic carbocycles. The van der Waals surface area contributed by atoms with Crippen LogP contribution in [0.1, 0.15) is 22.8 Å². The SMILES string of the molecule is CCN(C)C(=O)c1ccc(-c2ccc(Cl)cc2)c(COC)c1. The second-order valence-electron chi connectivity index (χ2n) is 5.13. The van der Waals surface area contributed by atoms with E-state index < -0.39 is 0 Å². The highest BCUT2D eigenvalue weighted by atomic mass is 35.5. The summed E-state index contributed by atoms with van der Waals surface area (Å²) in [4.78, 5) is 14.0. The molecule has 0 fully saturated rings. The highest BCUT2D eigenvalue weighted by Crippen LogP contribution is 2.27. The van der Waals surface area contributed by atoms with Gasteiger partial charge in [0, 0.05) is 31.3 Å². The molecule has 0 aromatic heterocycles. The van der Waals surface area contributed by atoms with Gasteiger partial charge in [-0.05, 0) is 47.9 Å². The van der Waals surface area contributed by atoms with Crippen molar-refractivity contribution in [3.63, 3.8) is 0 Å². The first-order chi connectivity index (χ1) is 10.6. The minimum Gasteiger partial charge on any atom is -0.380 e. The van der Waals surface area contributed by atoms with Gasteiger partial charge in [-0.3, -0.25) is 4.79 Å². The summed E-state index contributed by atoms with van der Waals surface area (Å²) < 4.78 is 5.28. The van der Waals surface area contributed by atoms with Crippen LogP contribution < -0.4 is 0 Å². The van der Waals surface area contributed by atoms with Crippen molar-refractivity contribution in [3.8, 4) is 11.1 Å². The molecule has 0 unspecified atom stereocenters. The average molecular weight is 318 g/mol. The molecule has 0 heterocycles.